The standard InChI is InChI=1S/C11H20O2/c1-6-9-13-11(5,7-2)10(4)12-8-3/h6H,1,4,7-9H2,2-3,5H3. The van der Waals surface area contributed by atoms with Crippen molar-refractivity contribution in [3.05, 3.63) is 25.0 Å². The summed E-state index contributed by atoms with van der Waals surface area (Å²) in [7, 11) is 0. The molecule has 0 aliphatic rings. The average Bonchev–Trinajstić information content (AvgIpc) is 2.14. The van der Waals surface area contributed by atoms with Gasteiger partial charge in [-0.15, -0.1) is 6.58 Å². The molecule has 0 aliphatic heterocycles. The molecule has 0 spiro atoms. The maximum absolute atomic E-state index is 5.60. The third-order valence-corrected chi connectivity index (χ3v) is 2.10. The normalized spacial score (nSPS) is 14.7. The van der Waals surface area contributed by atoms with Crippen LogP contribution in [0.4, 0.5) is 0 Å². The molecule has 0 saturated carbocycles. The van der Waals surface area contributed by atoms with Gasteiger partial charge in [-0.05, 0) is 20.3 Å². The van der Waals surface area contributed by atoms with E-state index in [4.69, 9.17) is 9.47 Å². The molecule has 0 aliphatic carbocycles. The summed E-state index contributed by atoms with van der Waals surface area (Å²) >= 11 is 0. The maximum Gasteiger partial charge on any atom is 0.122 e. The van der Waals surface area contributed by atoms with Gasteiger partial charge in [-0.1, -0.05) is 19.6 Å². The van der Waals surface area contributed by atoms with E-state index < -0.39 is 0 Å². The van der Waals surface area contributed by atoms with Crippen molar-refractivity contribution in [3.8, 4) is 0 Å². The number of hydrogen-bond acceptors (Lipinski definition) is 2. The van der Waals surface area contributed by atoms with Gasteiger partial charge in [0.25, 0.3) is 0 Å². The van der Waals surface area contributed by atoms with Crippen LogP contribution >= 0.6 is 0 Å². The zero-order valence-electron chi connectivity index (χ0n) is 8.93. The van der Waals surface area contributed by atoms with Crippen molar-refractivity contribution < 1.29 is 9.47 Å². The van der Waals surface area contributed by atoms with E-state index in [1.807, 2.05) is 20.8 Å². The Morgan fingerprint density at radius 3 is 2.46 bits per heavy atom. The van der Waals surface area contributed by atoms with Gasteiger partial charge in [0.05, 0.1) is 13.2 Å². The van der Waals surface area contributed by atoms with Crippen molar-refractivity contribution >= 4 is 0 Å². The first-order valence-electron chi connectivity index (χ1n) is 4.67. The van der Waals surface area contributed by atoms with Crippen LogP contribution in [-0.2, 0) is 9.47 Å². The van der Waals surface area contributed by atoms with E-state index in [-0.39, 0.29) is 5.60 Å². The molecular formula is C11H20O2. The second-order valence-corrected chi connectivity index (χ2v) is 3.04. The van der Waals surface area contributed by atoms with Crippen LogP contribution in [-0.4, -0.2) is 18.8 Å². The molecular weight excluding hydrogens is 164 g/mol. The topological polar surface area (TPSA) is 18.5 Å². The maximum atomic E-state index is 5.60. The van der Waals surface area contributed by atoms with Crippen LogP contribution in [0.5, 0.6) is 0 Å². The van der Waals surface area contributed by atoms with Crippen molar-refractivity contribution in [1.82, 2.24) is 0 Å². The first kappa shape index (κ1) is 12.2. The van der Waals surface area contributed by atoms with Crippen LogP contribution in [0.15, 0.2) is 25.0 Å². The molecule has 0 bridgehead atoms. The lowest BCUT2D eigenvalue weighted by Crippen LogP contribution is -2.31. The molecule has 0 aromatic rings. The lowest BCUT2D eigenvalue weighted by atomic mass is 10.0. The fourth-order valence-electron chi connectivity index (χ4n) is 0.949. The van der Waals surface area contributed by atoms with Gasteiger partial charge in [-0.3, -0.25) is 0 Å². The molecule has 0 fully saturated rings. The van der Waals surface area contributed by atoms with Crippen LogP contribution in [0.2, 0.25) is 0 Å². The molecule has 76 valence electrons. The van der Waals surface area contributed by atoms with Crippen molar-refractivity contribution in [1.29, 1.82) is 0 Å². The Bertz CT molecular complexity index is 175. The van der Waals surface area contributed by atoms with Gasteiger partial charge < -0.3 is 9.47 Å². The smallest absolute Gasteiger partial charge is 0.122 e. The molecule has 1 unspecified atom stereocenters. The van der Waals surface area contributed by atoms with Crippen molar-refractivity contribution in [2.75, 3.05) is 13.2 Å². The molecule has 0 aromatic heterocycles. The van der Waals surface area contributed by atoms with Crippen molar-refractivity contribution in [2.45, 2.75) is 32.8 Å². The molecule has 0 heterocycles. The summed E-state index contributed by atoms with van der Waals surface area (Å²) in [6, 6.07) is 0. The summed E-state index contributed by atoms with van der Waals surface area (Å²) in [6.07, 6.45) is 2.58. The molecule has 0 radical (unpaired) electrons. The fourth-order valence-corrected chi connectivity index (χ4v) is 0.949. The Kier molecular flexibility index (Phi) is 5.47. The molecule has 0 aromatic carbocycles. The summed E-state index contributed by atoms with van der Waals surface area (Å²) in [5.41, 5.74) is -0.385. The van der Waals surface area contributed by atoms with E-state index in [1.165, 1.54) is 0 Å². The third-order valence-electron chi connectivity index (χ3n) is 2.10. The highest BCUT2D eigenvalue weighted by molar-refractivity contribution is 5.03. The van der Waals surface area contributed by atoms with E-state index in [9.17, 15) is 0 Å². The Balaban J connectivity index is 4.23. The number of ether oxygens (including phenoxy) is 2. The molecule has 0 amide bonds. The van der Waals surface area contributed by atoms with E-state index in [0.29, 0.717) is 19.0 Å². The Morgan fingerprint density at radius 2 is 2.08 bits per heavy atom. The molecule has 0 rings (SSSR count). The van der Waals surface area contributed by atoms with Crippen LogP contribution in [0.1, 0.15) is 27.2 Å². The van der Waals surface area contributed by atoms with Crippen LogP contribution in [0.3, 0.4) is 0 Å². The first-order valence-corrected chi connectivity index (χ1v) is 4.67. The van der Waals surface area contributed by atoms with E-state index >= 15 is 0 Å². The lowest BCUT2D eigenvalue weighted by molar-refractivity contribution is -0.0317. The van der Waals surface area contributed by atoms with Gasteiger partial charge in [0.2, 0.25) is 0 Å². The highest BCUT2D eigenvalue weighted by atomic mass is 16.5. The molecule has 0 saturated heterocycles. The summed E-state index contributed by atoms with van der Waals surface area (Å²) in [5.74, 6) is 0.694. The fraction of sp³-hybridized carbons (Fsp3) is 0.636. The molecule has 2 heteroatoms. The zero-order valence-corrected chi connectivity index (χ0v) is 8.93. The zero-order chi connectivity index (χ0) is 10.3. The predicted octanol–water partition coefficient (Wildman–Crippen LogP) is 2.91. The highest BCUT2D eigenvalue weighted by Gasteiger charge is 2.27. The predicted molar refractivity (Wildman–Crippen MR) is 55.6 cm³/mol. The van der Waals surface area contributed by atoms with Gasteiger partial charge in [0.1, 0.15) is 11.4 Å². The summed E-state index contributed by atoms with van der Waals surface area (Å²) in [5, 5.41) is 0. The molecule has 0 N–H and O–H groups in total. The minimum absolute atomic E-state index is 0.385. The number of hydrogen-bond donors (Lipinski definition) is 0. The van der Waals surface area contributed by atoms with E-state index in [2.05, 4.69) is 13.2 Å². The Hall–Kier alpha value is -0.760. The van der Waals surface area contributed by atoms with Crippen LogP contribution in [0, 0.1) is 0 Å². The monoisotopic (exact) mass is 184 g/mol. The minimum Gasteiger partial charge on any atom is -0.496 e. The molecule has 2 nitrogen and oxygen atoms in total. The quantitative estimate of drug-likeness (QED) is 0.447. The Morgan fingerprint density at radius 1 is 1.46 bits per heavy atom. The second kappa shape index (κ2) is 5.81. The number of rotatable bonds is 7. The summed E-state index contributed by atoms with van der Waals surface area (Å²) < 4.78 is 10.9. The van der Waals surface area contributed by atoms with Crippen LogP contribution < -0.4 is 0 Å². The molecule has 1 atom stereocenters. The SMILES string of the molecule is C=CCOC(C)(CC)C(=C)OCC. The summed E-state index contributed by atoms with van der Waals surface area (Å²) in [4.78, 5) is 0. The van der Waals surface area contributed by atoms with E-state index in [0.717, 1.165) is 6.42 Å². The second-order valence-electron chi connectivity index (χ2n) is 3.04. The van der Waals surface area contributed by atoms with Gasteiger partial charge >= 0.3 is 0 Å². The van der Waals surface area contributed by atoms with E-state index in [1.54, 1.807) is 6.08 Å². The average molecular weight is 184 g/mol. The lowest BCUT2D eigenvalue weighted by Gasteiger charge is -2.29. The van der Waals surface area contributed by atoms with Crippen molar-refractivity contribution in [3.63, 3.8) is 0 Å². The Labute approximate surface area is 81.2 Å². The first-order chi connectivity index (χ1) is 6.10. The third kappa shape index (κ3) is 3.64. The van der Waals surface area contributed by atoms with Gasteiger partial charge in [-0.25, -0.2) is 0 Å². The highest BCUT2D eigenvalue weighted by Crippen LogP contribution is 2.24. The van der Waals surface area contributed by atoms with Gasteiger partial charge in [-0.2, -0.15) is 0 Å². The van der Waals surface area contributed by atoms with Gasteiger partial charge in [0, 0.05) is 0 Å². The van der Waals surface area contributed by atoms with Gasteiger partial charge in [0.15, 0.2) is 0 Å². The largest absolute Gasteiger partial charge is 0.496 e. The van der Waals surface area contributed by atoms with Crippen LogP contribution in [0.25, 0.3) is 0 Å². The van der Waals surface area contributed by atoms with Crippen molar-refractivity contribution in [2.24, 2.45) is 0 Å². The summed E-state index contributed by atoms with van der Waals surface area (Å²) in [6.45, 7) is 14.6. The minimum atomic E-state index is -0.385. The molecule has 13 heavy (non-hydrogen) atoms.